The van der Waals surface area contributed by atoms with E-state index in [9.17, 15) is 23.1 Å². The van der Waals surface area contributed by atoms with Crippen molar-refractivity contribution in [1.29, 1.82) is 0 Å². The summed E-state index contributed by atoms with van der Waals surface area (Å²) in [7, 11) is -3.72. The number of aliphatic carboxylic acids is 1. The molecule has 1 aliphatic carbocycles. The lowest BCUT2D eigenvalue weighted by molar-refractivity contribution is -0.153. The van der Waals surface area contributed by atoms with E-state index in [0.717, 1.165) is 17.1 Å². The van der Waals surface area contributed by atoms with Gasteiger partial charge in [-0.2, -0.15) is 12.7 Å². The summed E-state index contributed by atoms with van der Waals surface area (Å²) in [4.78, 5) is 25.3. The van der Waals surface area contributed by atoms with Crippen LogP contribution in [0.2, 0.25) is 0 Å². The number of rotatable bonds is 4. The van der Waals surface area contributed by atoms with Crippen molar-refractivity contribution in [2.75, 3.05) is 26.2 Å². The summed E-state index contributed by atoms with van der Waals surface area (Å²) < 4.78 is 23.5. The lowest BCUT2D eigenvalue weighted by Crippen LogP contribution is -2.53. The van der Waals surface area contributed by atoms with Gasteiger partial charge in [0.15, 0.2) is 0 Å². The molecule has 1 saturated heterocycles. The molecule has 1 heterocycles. The number of piperazine rings is 1. The van der Waals surface area contributed by atoms with Gasteiger partial charge in [0.1, 0.15) is 0 Å². The molecule has 1 aliphatic heterocycles. The first kappa shape index (κ1) is 16.2. The van der Waals surface area contributed by atoms with Gasteiger partial charge in [0.05, 0.1) is 5.41 Å². The number of carboxylic acids is 1. The Kier molecular flexibility index (Phi) is 4.54. The van der Waals surface area contributed by atoms with Crippen molar-refractivity contribution in [3.8, 4) is 0 Å². The summed E-state index contributed by atoms with van der Waals surface area (Å²) in [5.74, 6) is -1.12. The Balaban J connectivity index is 1.95. The van der Waals surface area contributed by atoms with Crippen LogP contribution in [-0.4, -0.2) is 60.8 Å². The van der Waals surface area contributed by atoms with Crippen molar-refractivity contribution in [2.45, 2.75) is 32.1 Å². The highest BCUT2D eigenvalue weighted by Crippen LogP contribution is 2.41. The highest BCUT2D eigenvalue weighted by atomic mass is 32.2. The Morgan fingerprint density at radius 2 is 1.62 bits per heavy atom. The molecule has 2 rings (SSSR count). The molecule has 120 valence electrons. The maximum atomic E-state index is 12.3. The van der Waals surface area contributed by atoms with E-state index in [-0.39, 0.29) is 38.5 Å². The van der Waals surface area contributed by atoms with Gasteiger partial charge in [-0.3, -0.25) is 9.59 Å². The Morgan fingerprint density at radius 3 is 2.05 bits per heavy atom. The predicted octanol–water partition coefficient (Wildman–Crippen LogP) is -0.631. The van der Waals surface area contributed by atoms with Crippen LogP contribution < -0.4 is 5.14 Å². The van der Waals surface area contributed by atoms with Crippen LogP contribution in [0.4, 0.5) is 0 Å². The molecule has 0 unspecified atom stereocenters. The van der Waals surface area contributed by atoms with Crippen LogP contribution in [0.15, 0.2) is 0 Å². The van der Waals surface area contributed by atoms with Crippen molar-refractivity contribution < 1.29 is 23.1 Å². The summed E-state index contributed by atoms with van der Waals surface area (Å²) in [6, 6.07) is 0. The van der Waals surface area contributed by atoms with Crippen molar-refractivity contribution in [2.24, 2.45) is 10.6 Å². The zero-order valence-corrected chi connectivity index (χ0v) is 12.6. The minimum Gasteiger partial charge on any atom is -0.481 e. The molecule has 9 heteroatoms. The van der Waals surface area contributed by atoms with Gasteiger partial charge >= 0.3 is 5.97 Å². The Bertz CT molecular complexity index is 519. The fourth-order valence-corrected chi connectivity index (χ4v) is 3.78. The van der Waals surface area contributed by atoms with Gasteiger partial charge < -0.3 is 10.0 Å². The van der Waals surface area contributed by atoms with Crippen molar-refractivity contribution in [3.63, 3.8) is 0 Å². The summed E-state index contributed by atoms with van der Waals surface area (Å²) >= 11 is 0. The number of hydrogen-bond donors (Lipinski definition) is 2. The third kappa shape index (κ3) is 3.53. The second-order valence-corrected chi connectivity index (χ2v) is 7.34. The van der Waals surface area contributed by atoms with E-state index in [1.807, 2.05) is 0 Å². The normalized spacial score (nSPS) is 23.2. The largest absolute Gasteiger partial charge is 0.481 e. The fraction of sp³-hybridized carbons (Fsp3) is 0.833. The highest BCUT2D eigenvalue weighted by Gasteiger charge is 2.44. The van der Waals surface area contributed by atoms with Crippen LogP contribution in [0.5, 0.6) is 0 Å². The first-order valence-electron chi connectivity index (χ1n) is 7.04. The number of nitrogens with zero attached hydrogens (tertiary/aromatic N) is 2. The van der Waals surface area contributed by atoms with Gasteiger partial charge in [-0.15, -0.1) is 0 Å². The van der Waals surface area contributed by atoms with Gasteiger partial charge in [-0.05, 0) is 12.8 Å². The molecule has 21 heavy (non-hydrogen) atoms. The third-order valence-corrected chi connectivity index (χ3v) is 5.54. The van der Waals surface area contributed by atoms with Gasteiger partial charge in [-0.25, -0.2) is 5.14 Å². The van der Waals surface area contributed by atoms with E-state index >= 15 is 0 Å². The topological polar surface area (TPSA) is 121 Å². The lowest BCUT2D eigenvalue weighted by Gasteiger charge is -2.34. The molecule has 2 aliphatic rings. The maximum absolute atomic E-state index is 12.3. The quantitative estimate of drug-likeness (QED) is 0.714. The molecule has 1 saturated carbocycles. The summed E-state index contributed by atoms with van der Waals surface area (Å²) in [5, 5.41) is 14.4. The maximum Gasteiger partial charge on any atom is 0.310 e. The van der Waals surface area contributed by atoms with Crippen LogP contribution in [0.3, 0.4) is 0 Å². The molecule has 8 nitrogen and oxygen atoms in total. The summed E-state index contributed by atoms with van der Waals surface area (Å²) in [5.41, 5.74) is -0.936. The second-order valence-electron chi connectivity index (χ2n) is 5.79. The van der Waals surface area contributed by atoms with Gasteiger partial charge in [0.25, 0.3) is 10.2 Å². The first-order valence-corrected chi connectivity index (χ1v) is 8.54. The molecule has 0 aromatic rings. The predicted molar refractivity (Wildman–Crippen MR) is 74.4 cm³/mol. The van der Waals surface area contributed by atoms with Crippen LogP contribution in [0, 0.1) is 5.41 Å². The molecule has 0 atom stereocenters. The average molecular weight is 319 g/mol. The Morgan fingerprint density at radius 1 is 1.10 bits per heavy atom. The van der Waals surface area contributed by atoms with E-state index < -0.39 is 21.6 Å². The first-order chi connectivity index (χ1) is 9.74. The Labute approximate surface area is 124 Å². The zero-order valence-electron chi connectivity index (χ0n) is 11.8. The van der Waals surface area contributed by atoms with E-state index in [1.54, 1.807) is 0 Å². The van der Waals surface area contributed by atoms with Crippen LogP contribution in [-0.2, 0) is 19.8 Å². The molecule has 0 bridgehead atoms. The number of carboxylic acid groups (broad SMARTS) is 1. The smallest absolute Gasteiger partial charge is 0.310 e. The van der Waals surface area contributed by atoms with Crippen molar-refractivity contribution in [1.82, 2.24) is 9.21 Å². The van der Waals surface area contributed by atoms with Crippen LogP contribution in [0.25, 0.3) is 0 Å². The minimum absolute atomic E-state index is 0.00227. The lowest BCUT2D eigenvalue weighted by atomic mass is 9.82. The third-order valence-electron chi connectivity index (χ3n) is 4.46. The monoisotopic (exact) mass is 319 g/mol. The minimum atomic E-state index is -3.72. The summed E-state index contributed by atoms with van der Waals surface area (Å²) in [6.45, 7) is 0.825. The molecule has 0 aromatic heterocycles. The number of carbonyl (C=O) groups excluding carboxylic acids is 1. The molecule has 0 spiro atoms. The SMILES string of the molecule is NS(=O)(=O)N1CCN(C(=O)CC2(C(=O)O)CCCC2)CC1. The molecular formula is C12H21N3O5S. The zero-order chi connectivity index (χ0) is 15.7. The molecule has 2 fully saturated rings. The molecule has 0 radical (unpaired) electrons. The Hall–Kier alpha value is -1.19. The van der Waals surface area contributed by atoms with Crippen molar-refractivity contribution in [3.05, 3.63) is 0 Å². The molecular weight excluding hydrogens is 298 g/mol. The van der Waals surface area contributed by atoms with E-state index in [0.29, 0.717) is 12.8 Å². The number of carbonyl (C=O) groups is 2. The number of nitrogens with two attached hydrogens (primary N) is 1. The van der Waals surface area contributed by atoms with E-state index in [4.69, 9.17) is 5.14 Å². The second kappa shape index (κ2) is 5.90. The molecule has 0 aromatic carbocycles. The van der Waals surface area contributed by atoms with Gasteiger partial charge in [-0.1, -0.05) is 12.8 Å². The van der Waals surface area contributed by atoms with E-state index in [2.05, 4.69) is 0 Å². The van der Waals surface area contributed by atoms with Gasteiger partial charge in [0, 0.05) is 32.6 Å². The fourth-order valence-electron chi connectivity index (χ4n) is 3.11. The highest BCUT2D eigenvalue weighted by molar-refractivity contribution is 7.86. The van der Waals surface area contributed by atoms with Crippen LogP contribution in [0.1, 0.15) is 32.1 Å². The molecule has 1 amide bonds. The van der Waals surface area contributed by atoms with Crippen LogP contribution >= 0.6 is 0 Å². The number of hydrogen-bond acceptors (Lipinski definition) is 4. The summed E-state index contributed by atoms with van der Waals surface area (Å²) in [6.07, 6.45) is 2.73. The van der Waals surface area contributed by atoms with E-state index in [1.165, 1.54) is 4.90 Å². The van der Waals surface area contributed by atoms with Gasteiger partial charge in [0.2, 0.25) is 5.91 Å². The average Bonchev–Trinajstić information content (AvgIpc) is 2.88. The van der Waals surface area contributed by atoms with Crippen molar-refractivity contribution >= 4 is 22.1 Å². The molecule has 3 N–H and O–H groups in total. The standard InChI is InChI=1S/C12H21N3O5S/c13-21(19,20)15-7-5-14(6-8-15)10(16)9-12(11(17)18)3-1-2-4-12/h1-9H2,(H,17,18)(H2,13,19,20). The number of amides is 1.